The van der Waals surface area contributed by atoms with Gasteiger partial charge in [-0.3, -0.25) is 9.59 Å². The first-order valence-corrected chi connectivity index (χ1v) is 7.03. The standard InChI is InChI=1S/C18H15NO4/c1-22-11-7-8-17(23-2)14(9-11)16(20)10-13-12-5-3-4-6-15(12)19-18(13)21/h3-10H,1-2H3,(H,19,21)/b13-10-. The van der Waals surface area contributed by atoms with E-state index < -0.39 is 0 Å². The quantitative estimate of drug-likeness (QED) is 0.696. The van der Waals surface area contributed by atoms with E-state index in [2.05, 4.69) is 5.32 Å². The molecule has 0 aliphatic carbocycles. The fourth-order valence-electron chi connectivity index (χ4n) is 2.50. The van der Waals surface area contributed by atoms with Gasteiger partial charge in [0.15, 0.2) is 5.78 Å². The van der Waals surface area contributed by atoms with Crippen molar-refractivity contribution in [2.24, 2.45) is 0 Å². The Balaban J connectivity index is 2.03. The largest absolute Gasteiger partial charge is 0.497 e. The second-order valence-corrected chi connectivity index (χ2v) is 4.99. The Hall–Kier alpha value is -3.08. The smallest absolute Gasteiger partial charge is 0.256 e. The van der Waals surface area contributed by atoms with E-state index in [0.717, 1.165) is 0 Å². The van der Waals surface area contributed by atoms with Gasteiger partial charge >= 0.3 is 0 Å². The van der Waals surface area contributed by atoms with Crippen LogP contribution in [-0.4, -0.2) is 25.9 Å². The highest BCUT2D eigenvalue weighted by molar-refractivity contribution is 6.35. The maximum Gasteiger partial charge on any atom is 0.256 e. The van der Waals surface area contributed by atoms with E-state index in [1.54, 1.807) is 30.3 Å². The number of nitrogens with one attached hydrogen (secondary N) is 1. The Labute approximate surface area is 133 Å². The van der Waals surface area contributed by atoms with E-state index in [1.807, 2.05) is 12.1 Å². The molecule has 0 saturated carbocycles. The Morgan fingerprint density at radius 3 is 2.61 bits per heavy atom. The van der Waals surface area contributed by atoms with Gasteiger partial charge in [0, 0.05) is 11.3 Å². The Morgan fingerprint density at radius 2 is 1.87 bits per heavy atom. The summed E-state index contributed by atoms with van der Waals surface area (Å²) < 4.78 is 10.4. The Morgan fingerprint density at radius 1 is 1.09 bits per heavy atom. The number of benzene rings is 2. The average molecular weight is 309 g/mol. The number of allylic oxidation sites excluding steroid dienone is 1. The van der Waals surface area contributed by atoms with Crippen molar-refractivity contribution in [3.63, 3.8) is 0 Å². The normalized spacial score (nSPS) is 14.3. The van der Waals surface area contributed by atoms with Gasteiger partial charge in [0.25, 0.3) is 5.91 Å². The SMILES string of the molecule is COc1ccc(OC)c(C(=O)/C=C2\C(=O)Nc3ccccc32)c1. The zero-order valence-corrected chi connectivity index (χ0v) is 12.8. The summed E-state index contributed by atoms with van der Waals surface area (Å²) in [7, 11) is 3.01. The molecule has 0 bridgehead atoms. The van der Waals surface area contributed by atoms with Crippen LogP contribution in [0.5, 0.6) is 11.5 Å². The number of ether oxygens (including phenoxy) is 2. The van der Waals surface area contributed by atoms with Crippen molar-refractivity contribution in [3.05, 3.63) is 59.7 Å². The van der Waals surface area contributed by atoms with Crippen molar-refractivity contribution in [1.29, 1.82) is 0 Å². The van der Waals surface area contributed by atoms with Crippen LogP contribution < -0.4 is 14.8 Å². The molecule has 0 fully saturated rings. The van der Waals surface area contributed by atoms with Crippen molar-refractivity contribution in [3.8, 4) is 11.5 Å². The zero-order chi connectivity index (χ0) is 16.4. The lowest BCUT2D eigenvalue weighted by Gasteiger charge is -2.08. The third kappa shape index (κ3) is 2.68. The lowest BCUT2D eigenvalue weighted by atomic mass is 10.0. The molecule has 1 heterocycles. The number of amides is 1. The number of fused-ring (bicyclic) bond motifs is 1. The number of methoxy groups -OCH3 is 2. The van der Waals surface area contributed by atoms with E-state index in [4.69, 9.17) is 9.47 Å². The highest BCUT2D eigenvalue weighted by Crippen LogP contribution is 2.32. The number of ketones is 1. The number of para-hydroxylation sites is 1. The van der Waals surface area contributed by atoms with Gasteiger partial charge in [0.1, 0.15) is 11.5 Å². The molecular formula is C18H15NO4. The summed E-state index contributed by atoms with van der Waals surface area (Å²) in [6.07, 6.45) is 1.33. The van der Waals surface area contributed by atoms with Crippen LogP contribution in [0.25, 0.3) is 5.57 Å². The molecule has 5 nitrogen and oxygen atoms in total. The van der Waals surface area contributed by atoms with Crippen LogP contribution in [0, 0.1) is 0 Å². The number of anilines is 1. The third-order valence-corrected chi connectivity index (χ3v) is 3.66. The number of hydrogen-bond donors (Lipinski definition) is 1. The minimum atomic E-state index is -0.317. The summed E-state index contributed by atoms with van der Waals surface area (Å²) in [5.74, 6) is 0.368. The Kier molecular flexibility index (Phi) is 3.85. The molecule has 1 aliphatic rings. The zero-order valence-electron chi connectivity index (χ0n) is 12.8. The molecule has 0 saturated heterocycles. The molecule has 0 atom stereocenters. The van der Waals surface area contributed by atoms with Gasteiger partial charge in [-0.1, -0.05) is 18.2 Å². The number of carbonyl (C=O) groups is 2. The summed E-state index contributed by atoms with van der Waals surface area (Å²) in [5, 5.41) is 2.74. The number of carbonyl (C=O) groups excluding carboxylic acids is 2. The van der Waals surface area contributed by atoms with Crippen LogP contribution in [0.2, 0.25) is 0 Å². The van der Waals surface area contributed by atoms with Gasteiger partial charge in [-0.05, 0) is 30.3 Å². The van der Waals surface area contributed by atoms with E-state index in [1.165, 1.54) is 20.3 Å². The van der Waals surface area contributed by atoms with Crippen molar-refractivity contribution < 1.29 is 19.1 Å². The van der Waals surface area contributed by atoms with Crippen LogP contribution in [-0.2, 0) is 4.79 Å². The molecule has 1 amide bonds. The highest BCUT2D eigenvalue weighted by Gasteiger charge is 2.25. The number of rotatable bonds is 4. The van der Waals surface area contributed by atoms with Crippen molar-refractivity contribution in [2.45, 2.75) is 0 Å². The van der Waals surface area contributed by atoms with Gasteiger partial charge < -0.3 is 14.8 Å². The fraction of sp³-hybridized carbons (Fsp3) is 0.111. The summed E-state index contributed by atoms with van der Waals surface area (Å²) in [6, 6.07) is 12.2. The van der Waals surface area contributed by atoms with Gasteiger partial charge in [0.2, 0.25) is 0 Å². The molecule has 1 aliphatic heterocycles. The second kappa shape index (κ2) is 5.96. The first-order chi connectivity index (χ1) is 11.1. The minimum absolute atomic E-state index is 0.290. The molecule has 3 rings (SSSR count). The lowest BCUT2D eigenvalue weighted by molar-refractivity contribution is -0.110. The monoisotopic (exact) mass is 309 g/mol. The third-order valence-electron chi connectivity index (χ3n) is 3.66. The highest BCUT2D eigenvalue weighted by atomic mass is 16.5. The summed E-state index contributed by atoms with van der Waals surface area (Å²) in [6.45, 7) is 0. The topological polar surface area (TPSA) is 64.6 Å². The molecule has 0 radical (unpaired) electrons. The van der Waals surface area contributed by atoms with Crippen LogP contribution in [0.3, 0.4) is 0 Å². The average Bonchev–Trinajstić information content (AvgIpc) is 2.90. The van der Waals surface area contributed by atoms with Gasteiger partial charge in [-0.2, -0.15) is 0 Å². The second-order valence-electron chi connectivity index (χ2n) is 4.99. The molecule has 5 heteroatoms. The maximum atomic E-state index is 12.6. The van der Waals surface area contributed by atoms with E-state index >= 15 is 0 Å². The maximum absolute atomic E-state index is 12.6. The summed E-state index contributed by atoms with van der Waals surface area (Å²) in [4.78, 5) is 24.7. The summed E-state index contributed by atoms with van der Waals surface area (Å²) >= 11 is 0. The van der Waals surface area contributed by atoms with Crippen LogP contribution in [0.4, 0.5) is 5.69 Å². The first-order valence-electron chi connectivity index (χ1n) is 7.03. The lowest BCUT2D eigenvalue weighted by Crippen LogP contribution is -2.07. The number of hydrogen-bond acceptors (Lipinski definition) is 4. The summed E-state index contributed by atoms with van der Waals surface area (Å²) in [5.41, 5.74) is 2.11. The minimum Gasteiger partial charge on any atom is -0.497 e. The van der Waals surface area contributed by atoms with Crippen molar-refractivity contribution >= 4 is 23.0 Å². The predicted molar refractivity (Wildman–Crippen MR) is 86.9 cm³/mol. The van der Waals surface area contributed by atoms with Gasteiger partial charge in [-0.25, -0.2) is 0 Å². The van der Waals surface area contributed by atoms with Crippen molar-refractivity contribution in [1.82, 2.24) is 0 Å². The van der Waals surface area contributed by atoms with Crippen LogP contribution >= 0.6 is 0 Å². The van der Waals surface area contributed by atoms with Gasteiger partial charge in [0.05, 0.1) is 25.4 Å². The molecule has 2 aromatic carbocycles. The first kappa shape index (κ1) is 14.8. The van der Waals surface area contributed by atoms with Crippen LogP contribution in [0.15, 0.2) is 48.5 Å². The molecule has 0 aromatic heterocycles. The molecule has 0 spiro atoms. The van der Waals surface area contributed by atoms with E-state index in [9.17, 15) is 9.59 Å². The van der Waals surface area contributed by atoms with Crippen LogP contribution in [0.1, 0.15) is 15.9 Å². The molecule has 1 N–H and O–H groups in total. The molecule has 2 aromatic rings. The van der Waals surface area contributed by atoms with Gasteiger partial charge in [-0.15, -0.1) is 0 Å². The molecule has 116 valence electrons. The van der Waals surface area contributed by atoms with E-state index in [-0.39, 0.29) is 11.7 Å². The molecular weight excluding hydrogens is 294 g/mol. The van der Waals surface area contributed by atoms with Crippen molar-refractivity contribution in [2.75, 3.05) is 19.5 Å². The molecule has 23 heavy (non-hydrogen) atoms. The Bertz CT molecular complexity index is 824. The van der Waals surface area contributed by atoms with E-state index in [0.29, 0.717) is 33.9 Å². The predicted octanol–water partition coefficient (Wildman–Crippen LogP) is 2.92. The molecule has 0 unspecified atom stereocenters. The fourth-order valence-corrected chi connectivity index (χ4v) is 2.50.